The van der Waals surface area contributed by atoms with Gasteiger partial charge in [-0.05, 0) is 51.8 Å². The van der Waals surface area contributed by atoms with Crippen molar-refractivity contribution in [3.63, 3.8) is 0 Å². The van der Waals surface area contributed by atoms with Crippen LogP contribution in [0.4, 0.5) is 8.78 Å². The number of carbonyl (C=O) groups excluding carboxylic acids is 2. The van der Waals surface area contributed by atoms with Gasteiger partial charge in [-0.1, -0.05) is 59.7 Å². The fourth-order valence-corrected chi connectivity index (χ4v) is 3.60. The second kappa shape index (κ2) is 8.30. The maximum Gasteiger partial charge on any atom is 0.282 e. The van der Waals surface area contributed by atoms with Crippen molar-refractivity contribution in [1.82, 2.24) is 10.2 Å². The molecule has 0 bridgehead atoms. The Morgan fingerprint density at radius 3 is 2.06 bits per heavy atom. The minimum atomic E-state index is -2.81. The Bertz CT molecular complexity index is 1020. The first-order valence-electron chi connectivity index (χ1n) is 10.9. The third kappa shape index (κ3) is 5.53. The summed E-state index contributed by atoms with van der Waals surface area (Å²) in [6.07, 6.45) is 0. The van der Waals surface area contributed by atoms with E-state index in [0.717, 1.165) is 21.6 Å². The van der Waals surface area contributed by atoms with Gasteiger partial charge in [0.2, 0.25) is 0 Å². The molecule has 1 aliphatic rings. The van der Waals surface area contributed by atoms with Gasteiger partial charge in [0.1, 0.15) is 0 Å². The van der Waals surface area contributed by atoms with Gasteiger partial charge in [-0.25, -0.2) is 8.78 Å². The Labute approximate surface area is 189 Å². The minimum Gasteiger partial charge on any atom is -0.348 e. The highest BCUT2D eigenvalue weighted by Crippen LogP contribution is 2.30. The number of halogens is 2. The second-order valence-electron chi connectivity index (χ2n) is 10.7. The van der Waals surface area contributed by atoms with Crippen molar-refractivity contribution in [2.45, 2.75) is 64.8 Å². The summed E-state index contributed by atoms with van der Waals surface area (Å²) in [7, 11) is 0. The molecule has 0 aromatic heterocycles. The molecule has 1 heterocycles. The maximum atomic E-state index is 13.2. The number of likely N-dealkylation sites (tertiary alicyclic amines) is 1. The van der Waals surface area contributed by atoms with Crippen LogP contribution in [0.15, 0.2) is 42.5 Å². The van der Waals surface area contributed by atoms with Gasteiger partial charge in [0.05, 0.1) is 13.1 Å². The van der Waals surface area contributed by atoms with Crippen molar-refractivity contribution in [1.29, 1.82) is 0 Å². The molecule has 1 aliphatic heterocycles. The zero-order valence-electron chi connectivity index (χ0n) is 19.7. The molecule has 1 N–H and O–H groups in total. The Kier molecular flexibility index (Phi) is 6.20. The Balaban J connectivity index is 1.80. The molecule has 1 fully saturated rings. The molecule has 2 amide bonds. The summed E-state index contributed by atoms with van der Waals surface area (Å²) in [4.78, 5) is 26.7. The van der Waals surface area contributed by atoms with E-state index >= 15 is 0 Å². The number of benzene rings is 2. The van der Waals surface area contributed by atoms with Gasteiger partial charge < -0.3 is 10.2 Å². The zero-order valence-corrected chi connectivity index (χ0v) is 19.7. The number of nitrogens with zero attached hydrogens (tertiary/aromatic N) is 1. The summed E-state index contributed by atoms with van der Waals surface area (Å²) in [6, 6.07) is 12.9. The molecular weight excluding hydrogens is 410 g/mol. The molecule has 6 heteroatoms. The summed E-state index contributed by atoms with van der Waals surface area (Å²) < 4.78 is 26.5. The first-order valence-corrected chi connectivity index (χ1v) is 10.9. The summed E-state index contributed by atoms with van der Waals surface area (Å²) in [5.74, 6) is -3.42. The lowest BCUT2D eigenvalue weighted by Gasteiger charge is -2.38. The van der Waals surface area contributed by atoms with Crippen LogP contribution in [0, 0.1) is 0 Å². The van der Waals surface area contributed by atoms with Crippen molar-refractivity contribution >= 4 is 11.8 Å². The molecule has 0 unspecified atom stereocenters. The Morgan fingerprint density at radius 2 is 1.50 bits per heavy atom. The van der Waals surface area contributed by atoms with Gasteiger partial charge in [-0.15, -0.1) is 0 Å². The second-order valence-corrected chi connectivity index (χ2v) is 10.7. The van der Waals surface area contributed by atoms with Crippen LogP contribution in [-0.4, -0.2) is 35.7 Å². The van der Waals surface area contributed by atoms with Crippen LogP contribution in [-0.2, 0) is 17.4 Å². The quantitative estimate of drug-likeness (QED) is 0.698. The molecule has 172 valence electrons. The van der Waals surface area contributed by atoms with Crippen molar-refractivity contribution in [3.8, 4) is 0 Å². The number of hydrogen-bond acceptors (Lipinski definition) is 2. The lowest BCUT2D eigenvalue weighted by Crippen LogP contribution is -2.58. The Hall–Kier alpha value is -2.76. The molecule has 0 atom stereocenters. The molecule has 0 radical (unpaired) electrons. The van der Waals surface area contributed by atoms with Gasteiger partial charge in [-0.2, -0.15) is 0 Å². The number of alkyl halides is 2. The number of carbonyl (C=O) groups is 2. The SMILES string of the molecule is CC(C)(C)c1cccc(C(=O)NCc2cc(C(=O)N3CC(F)(F)C3)cc(C(C)(C)C)c2)c1. The lowest BCUT2D eigenvalue weighted by molar-refractivity contribution is -0.113. The van der Waals surface area contributed by atoms with Gasteiger partial charge in [0.25, 0.3) is 17.7 Å². The number of amides is 2. The van der Waals surface area contributed by atoms with Crippen LogP contribution in [0.25, 0.3) is 0 Å². The monoisotopic (exact) mass is 442 g/mol. The molecule has 3 rings (SSSR count). The van der Waals surface area contributed by atoms with E-state index in [-0.39, 0.29) is 23.3 Å². The standard InChI is InChI=1S/C26H32F2N2O2/c1-24(2,3)20-9-7-8-18(12-20)22(31)29-14-17-10-19(13-21(11-17)25(4,5)6)23(32)30-15-26(27,28)16-30/h7-13H,14-16H2,1-6H3,(H,29,31). The van der Waals surface area contributed by atoms with E-state index in [0.29, 0.717) is 11.1 Å². The molecular formula is C26H32F2N2O2. The van der Waals surface area contributed by atoms with Crippen molar-refractivity contribution in [2.24, 2.45) is 0 Å². The predicted molar refractivity (Wildman–Crippen MR) is 122 cm³/mol. The van der Waals surface area contributed by atoms with E-state index in [9.17, 15) is 18.4 Å². The molecule has 2 aromatic carbocycles. The first-order chi connectivity index (χ1) is 14.7. The Morgan fingerprint density at radius 1 is 0.906 bits per heavy atom. The fraction of sp³-hybridized carbons (Fsp3) is 0.462. The largest absolute Gasteiger partial charge is 0.348 e. The van der Waals surface area contributed by atoms with Crippen LogP contribution in [0.3, 0.4) is 0 Å². The van der Waals surface area contributed by atoms with E-state index in [2.05, 4.69) is 26.1 Å². The summed E-state index contributed by atoms with van der Waals surface area (Å²) >= 11 is 0. The van der Waals surface area contributed by atoms with Gasteiger partial charge >= 0.3 is 0 Å². The third-order valence-corrected chi connectivity index (χ3v) is 5.68. The average Bonchev–Trinajstić information content (AvgIpc) is 2.68. The molecule has 0 aliphatic carbocycles. The van der Waals surface area contributed by atoms with Crippen LogP contribution >= 0.6 is 0 Å². The van der Waals surface area contributed by atoms with Gasteiger partial charge in [0.15, 0.2) is 0 Å². The summed E-state index contributed by atoms with van der Waals surface area (Å²) in [5, 5.41) is 2.93. The smallest absolute Gasteiger partial charge is 0.282 e. The molecule has 2 aromatic rings. The highest BCUT2D eigenvalue weighted by Gasteiger charge is 2.46. The predicted octanol–water partition coefficient (Wildman–Crippen LogP) is 5.30. The van der Waals surface area contributed by atoms with Gasteiger partial charge in [0, 0.05) is 17.7 Å². The molecule has 0 spiro atoms. The van der Waals surface area contributed by atoms with E-state index in [1.807, 2.05) is 45.0 Å². The van der Waals surface area contributed by atoms with Crippen molar-refractivity contribution in [2.75, 3.05) is 13.1 Å². The molecule has 32 heavy (non-hydrogen) atoms. The van der Waals surface area contributed by atoms with Crippen LogP contribution in [0.1, 0.15) is 78.9 Å². The topological polar surface area (TPSA) is 49.4 Å². The maximum absolute atomic E-state index is 13.2. The highest BCUT2D eigenvalue weighted by atomic mass is 19.3. The zero-order chi connectivity index (χ0) is 23.9. The average molecular weight is 443 g/mol. The van der Waals surface area contributed by atoms with Crippen molar-refractivity contribution in [3.05, 3.63) is 70.3 Å². The summed E-state index contributed by atoms with van der Waals surface area (Å²) in [5.41, 5.74) is 3.37. The van der Waals surface area contributed by atoms with Crippen LogP contribution in [0.2, 0.25) is 0 Å². The number of rotatable bonds is 4. The molecule has 0 saturated carbocycles. The lowest BCUT2D eigenvalue weighted by atomic mass is 9.84. The van der Waals surface area contributed by atoms with Gasteiger partial charge in [-0.3, -0.25) is 9.59 Å². The first kappa shape index (κ1) is 23.9. The van der Waals surface area contributed by atoms with E-state index in [1.54, 1.807) is 18.2 Å². The van der Waals surface area contributed by atoms with Crippen LogP contribution < -0.4 is 5.32 Å². The normalized spacial score (nSPS) is 15.8. The molecule has 1 saturated heterocycles. The van der Waals surface area contributed by atoms with Crippen molar-refractivity contribution < 1.29 is 18.4 Å². The number of nitrogens with one attached hydrogen (secondary N) is 1. The fourth-order valence-electron chi connectivity index (χ4n) is 3.60. The van der Waals surface area contributed by atoms with E-state index in [1.165, 1.54) is 0 Å². The van der Waals surface area contributed by atoms with E-state index < -0.39 is 24.9 Å². The van der Waals surface area contributed by atoms with Crippen LogP contribution in [0.5, 0.6) is 0 Å². The summed E-state index contributed by atoms with van der Waals surface area (Å²) in [6.45, 7) is 11.5. The third-order valence-electron chi connectivity index (χ3n) is 5.68. The van der Waals surface area contributed by atoms with E-state index in [4.69, 9.17) is 0 Å². The number of hydrogen-bond donors (Lipinski definition) is 1. The molecule has 4 nitrogen and oxygen atoms in total. The highest BCUT2D eigenvalue weighted by molar-refractivity contribution is 5.96. The minimum absolute atomic E-state index is 0.0692.